The van der Waals surface area contributed by atoms with Crippen molar-refractivity contribution in [3.63, 3.8) is 0 Å². The fraction of sp³-hybridized carbons (Fsp3) is 0.440. The molecular weight excluding hydrogens is 509 g/mol. The van der Waals surface area contributed by atoms with Crippen molar-refractivity contribution >= 4 is 39.1 Å². The van der Waals surface area contributed by atoms with Crippen molar-refractivity contribution < 1.29 is 27.1 Å². The van der Waals surface area contributed by atoms with Gasteiger partial charge in [0.25, 0.3) is 0 Å². The lowest BCUT2D eigenvalue weighted by atomic mass is 10.1. The Labute approximate surface area is 217 Å². The molecule has 0 spiro atoms. The maximum atomic E-state index is 13.7. The van der Waals surface area contributed by atoms with Crippen LogP contribution in [0.25, 0.3) is 0 Å². The molecule has 0 saturated heterocycles. The zero-order valence-corrected chi connectivity index (χ0v) is 22.7. The van der Waals surface area contributed by atoms with Crippen molar-refractivity contribution in [3.8, 4) is 5.75 Å². The van der Waals surface area contributed by atoms with Crippen molar-refractivity contribution in [1.29, 1.82) is 0 Å². The van der Waals surface area contributed by atoms with Gasteiger partial charge in [-0.05, 0) is 55.7 Å². The first-order valence-corrected chi connectivity index (χ1v) is 13.8. The summed E-state index contributed by atoms with van der Waals surface area (Å²) in [6.45, 7) is 5.02. The quantitative estimate of drug-likeness (QED) is 0.438. The van der Waals surface area contributed by atoms with Crippen molar-refractivity contribution in [2.45, 2.75) is 52.2 Å². The molecule has 0 aliphatic carbocycles. The van der Waals surface area contributed by atoms with E-state index in [0.29, 0.717) is 24.2 Å². The lowest BCUT2D eigenvalue weighted by Gasteiger charge is -2.33. The SMILES string of the molecule is CC[C@@H](C)NC(=O)[C@H](CC)N(Cc1cccc(OC)c1)C(=O)CN(c1ccc(F)c(Cl)c1)S(C)(=O)=O. The van der Waals surface area contributed by atoms with Gasteiger partial charge in [0.2, 0.25) is 21.8 Å². The fourth-order valence-electron chi connectivity index (χ4n) is 3.58. The third-order valence-corrected chi connectivity index (χ3v) is 7.17. The number of hydrogen-bond acceptors (Lipinski definition) is 5. The second-order valence-corrected chi connectivity index (χ2v) is 10.8. The van der Waals surface area contributed by atoms with E-state index in [4.69, 9.17) is 16.3 Å². The number of halogens is 2. The molecule has 0 heterocycles. The maximum Gasteiger partial charge on any atom is 0.244 e. The Morgan fingerprint density at radius 3 is 2.39 bits per heavy atom. The number of nitrogens with zero attached hydrogens (tertiary/aromatic N) is 2. The lowest BCUT2D eigenvalue weighted by Crippen LogP contribution is -2.53. The highest BCUT2D eigenvalue weighted by atomic mass is 35.5. The standard InChI is InChI=1S/C25H33ClFN3O5S/c1-6-17(3)28-25(32)23(7-2)29(15-18-9-8-10-20(13-18)35-4)24(31)16-30(36(5,33)34)19-11-12-22(27)21(26)14-19/h8-14,17,23H,6-7,15-16H2,1-5H3,(H,28,32)/t17-,23+/m1/s1. The summed E-state index contributed by atoms with van der Waals surface area (Å²) in [5.41, 5.74) is 0.740. The highest BCUT2D eigenvalue weighted by Crippen LogP contribution is 2.25. The minimum atomic E-state index is -3.95. The summed E-state index contributed by atoms with van der Waals surface area (Å²) in [5, 5.41) is 2.63. The third-order valence-electron chi connectivity index (χ3n) is 5.74. The first-order valence-electron chi connectivity index (χ1n) is 11.6. The van der Waals surface area contributed by atoms with E-state index in [2.05, 4.69) is 5.32 Å². The van der Waals surface area contributed by atoms with Crippen LogP contribution < -0.4 is 14.4 Å². The van der Waals surface area contributed by atoms with Gasteiger partial charge in [0, 0.05) is 12.6 Å². The number of carbonyl (C=O) groups excluding carboxylic acids is 2. The molecule has 8 nitrogen and oxygen atoms in total. The van der Waals surface area contributed by atoms with Crippen LogP contribution in [0.3, 0.4) is 0 Å². The van der Waals surface area contributed by atoms with Gasteiger partial charge in [-0.2, -0.15) is 0 Å². The molecule has 0 aliphatic heterocycles. The van der Waals surface area contributed by atoms with Crippen LogP contribution in [-0.4, -0.2) is 57.1 Å². The summed E-state index contributed by atoms with van der Waals surface area (Å²) in [6.07, 6.45) is 1.95. The summed E-state index contributed by atoms with van der Waals surface area (Å²) in [7, 11) is -2.43. The zero-order chi connectivity index (χ0) is 27.0. The molecule has 36 heavy (non-hydrogen) atoms. The molecule has 0 aliphatic rings. The number of benzene rings is 2. The normalized spacial score (nSPS) is 13.0. The molecule has 0 aromatic heterocycles. The first kappa shape index (κ1) is 29.4. The number of nitrogens with one attached hydrogen (secondary N) is 1. The van der Waals surface area contributed by atoms with Gasteiger partial charge >= 0.3 is 0 Å². The highest BCUT2D eigenvalue weighted by Gasteiger charge is 2.32. The predicted molar refractivity (Wildman–Crippen MR) is 139 cm³/mol. The molecule has 0 radical (unpaired) electrons. The van der Waals surface area contributed by atoms with Crippen LogP contribution in [0.5, 0.6) is 5.75 Å². The highest BCUT2D eigenvalue weighted by molar-refractivity contribution is 7.92. The minimum absolute atomic E-state index is 0.0377. The van der Waals surface area contributed by atoms with Crippen LogP contribution in [-0.2, 0) is 26.2 Å². The number of methoxy groups -OCH3 is 1. The van der Waals surface area contributed by atoms with Gasteiger partial charge in [-0.3, -0.25) is 13.9 Å². The van der Waals surface area contributed by atoms with E-state index in [1.54, 1.807) is 31.2 Å². The van der Waals surface area contributed by atoms with Gasteiger partial charge in [0.1, 0.15) is 24.2 Å². The van der Waals surface area contributed by atoms with Gasteiger partial charge in [-0.15, -0.1) is 0 Å². The summed E-state index contributed by atoms with van der Waals surface area (Å²) < 4.78 is 45.0. The fourth-order valence-corrected chi connectivity index (χ4v) is 4.60. The number of sulfonamides is 1. The van der Waals surface area contributed by atoms with E-state index in [1.807, 2.05) is 13.8 Å². The number of ether oxygens (including phenoxy) is 1. The van der Waals surface area contributed by atoms with Crippen LogP contribution in [0.15, 0.2) is 42.5 Å². The Kier molecular flexibility index (Phi) is 10.5. The molecule has 0 fully saturated rings. The summed E-state index contributed by atoms with van der Waals surface area (Å²) in [5.74, 6) is -1.07. The van der Waals surface area contributed by atoms with Gasteiger partial charge < -0.3 is 15.0 Å². The predicted octanol–water partition coefficient (Wildman–Crippen LogP) is 3.98. The largest absolute Gasteiger partial charge is 0.497 e. The van der Waals surface area contributed by atoms with Gasteiger partial charge in [0.05, 0.1) is 24.1 Å². The molecule has 198 valence electrons. The Morgan fingerprint density at radius 1 is 1.14 bits per heavy atom. The van der Waals surface area contributed by atoms with E-state index in [1.165, 1.54) is 18.1 Å². The van der Waals surface area contributed by atoms with Gasteiger partial charge in [-0.25, -0.2) is 12.8 Å². The van der Waals surface area contributed by atoms with E-state index in [-0.39, 0.29) is 29.2 Å². The molecule has 0 bridgehead atoms. The van der Waals surface area contributed by atoms with Crippen LogP contribution >= 0.6 is 11.6 Å². The zero-order valence-electron chi connectivity index (χ0n) is 21.1. The van der Waals surface area contributed by atoms with Crippen molar-refractivity contribution in [1.82, 2.24) is 10.2 Å². The minimum Gasteiger partial charge on any atom is -0.497 e. The summed E-state index contributed by atoms with van der Waals surface area (Å²) in [6, 6.07) is 9.50. The van der Waals surface area contributed by atoms with E-state index in [0.717, 1.165) is 22.7 Å². The molecule has 2 amide bonds. The smallest absolute Gasteiger partial charge is 0.244 e. The molecule has 2 aromatic carbocycles. The molecule has 2 aromatic rings. The van der Waals surface area contributed by atoms with Crippen molar-refractivity contribution in [3.05, 3.63) is 58.9 Å². The average Bonchev–Trinajstić information content (AvgIpc) is 2.83. The van der Waals surface area contributed by atoms with Crippen LogP contribution in [0.2, 0.25) is 5.02 Å². The Balaban J connectivity index is 2.47. The topological polar surface area (TPSA) is 96.0 Å². The van der Waals surface area contributed by atoms with Crippen LogP contribution in [0, 0.1) is 5.82 Å². The first-order chi connectivity index (χ1) is 16.9. The number of anilines is 1. The Hall–Kier alpha value is -2.85. The van der Waals surface area contributed by atoms with Gasteiger partial charge in [-0.1, -0.05) is 37.6 Å². The molecule has 2 rings (SSSR count). The second kappa shape index (κ2) is 12.9. The lowest BCUT2D eigenvalue weighted by molar-refractivity contribution is -0.140. The molecule has 11 heteroatoms. The third kappa shape index (κ3) is 7.83. The molecule has 2 atom stereocenters. The number of rotatable bonds is 12. The van der Waals surface area contributed by atoms with E-state index >= 15 is 0 Å². The molecule has 1 N–H and O–H groups in total. The van der Waals surface area contributed by atoms with Crippen molar-refractivity contribution in [2.75, 3.05) is 24.2 Å². The van der Waals surface area contributed by atoms with E-state index < -0.39 is 34.3 Å². The average molecular weight is 542 g/mol. The maximum absolute atomic E-state index is 13.7. The van der Waals surface area contributed by atoms with Crippen LogP contribution in [0.1, 0.15) is 39.2 Å². The van der Waals surface area contributed by atoms with Crippen LogP contribution in [0.4, 0.5) is 10.1 Å². The van der Waals surface area contributed by atoms with Crippen molar-refractivity contribution in [2.24, 2.45) is 0 Å². The molecule has 0 saturated carbocycles. The summed E-state index contributed by atoms with van der Waals surface area (Å²) >= 11 is 5.86. The number of amides is 2. The van der Waals surface area contributed by atoms with E-state index in [9.17, 15) is 22.4 Å². The second-order valence-electron chi connectivity index (χ2n) is 8.48. The number of hydrogen-bond donors (Lipinski definition) is 1. The molecular formula is C25H33ClFN3O5S. The van der Waals surface area contributed by atoms with Gasteiger partial charge in [0.15, 0.2) is 0 Å². The Morgan fingerprint density at radius 2 is 1.83 bits per heavy atom. The number of carbonyl (C=O) groups is 2. The Bertz CT molecular complexity index is 1180. The molecule has 0 unspecified atom stereocenters. The summed E-state index contributed by atoms with van der Waals surface area (Å²) in [4.78, 5) is 28.1. The monoisotopic (exact) mass is 541 g/mol.